The lowest BCUT2D eigenvalue weighted by molar-refractivity contribution is -0.127. The molecule has 1 amide bonds. The van der Waals surface area contributed by atoms with Gasteiger partial charge in [0.1, 0.15) is 17.8 Å². The predicted molar refractivity (Wildman–Crippen MR) is 158 cm³/mol. The number of fused-ring (bicyclic) bond motifs is 1. The molecule has 0 spiro atoms. The normalized spacial score (nSPS) is 15.8. The molecule has 1 atom stereocenters. The predicted octanol–water partition coefficient (Wildman–Crippen LogP) is 5.54. The van der Waals surface area contributed by atoms with Crippen LogP contribution < -0.4 is 5.73 Å². The van der Waals surface area contributed by atoms with Crippen molar-refractivity contribution in [3.63, 3.8) is 0 Å². The Morgan fingerprint density at radius 3 is 2.48 bits per heavy atom. The molecule has 206 valence electrons. The molecule has 2 aromatic heterocycles. The monoisotopic (exact) mass is 536 g/mol. The van der Waals surface area contributed by atoms with Crippen LogP contribution in [0.1, 0.15) is 67.6 Å². The molecule has 4 aromatic rings. The Hall–Kier alpha value is -4.33. The van der Waals surface area contributed by atoms with Crippen molar-refractivity contribution in [3.8, 4) is 11.3 Å². The van der Waals surface area contributed by atoms with Crippen molar-refractivity contribution >= 4 is 28.5 Å². The Kier molecular flexibility index (Phi) is 7.52. The molecule has 40 heavy (non-hydrogen) atoms. The van der Waals surface area contributed by atoms with Gasteiger partial charge in [0.2, 0.25) is 5.91 Å². The molecular weight excluding hydrogens is 500 g/mol. The van der Waals surface area contributed by atoms with Crippen LogP contribution in [0, 0.1) is 0 Å². The van der Waals surface area contributed by atoms with E-state index in [0.29, 0.717) is 48.5 Å². The zero-order chi connectivity index (χ0) is 28.4. The highest BCUT2D eigenvalue weighted by molar-refractivity contribution is 5.98. The van der Waals surface area contributed by atoms with Crippen molar-refractivity contribution in [2.75, 3.05) is 18.8 Å². The molecule has 2 N–H and O–H groups in total. The van der Waals surface area contributed by atoms with E-state index in [1.807, 2.05) is 53.2 Å². The number of likely N-dealkylation sites (tertiary alicyclic amines) is 1. The first-order valence-corrected chi connectivity index (χ1v) is 13.8. The maximum absolute atomic E-state index is 12.8. The number of piperidine rings is 1. The van der Waals surface area contributed by atoms with Gasteiger partial charge in [-0.15, -0.1) is 0 Å². The molecule has 8 nitrogen and oxygen atoms in total. The van der Waals surface area contributed by atoms with Crippen LogP contribution >= 0.6 is 0 Å². The molecule has 0 saturated carbocycles. The fourth-order valence-electron chi connectivity index (χ4n) is 5.32. The summed E-state index contributed by atoms with van der Waals surface area (Å²) < 4.78 is 1.89. The number of nitrogen functional groups attached to an aromatic ring is 1. The number of carbonyl (C=O) groups is 2. The smallest absolute Gasteiger partial charge is 0.246 e. The number of aryl methyl sites for hydroxylation is 1. The molecular formula is C32H36N6O2. The Morgan fingerprint density at radius 2 is 1.80 bits per heavy atom. The highest BCUT2D eigenvalue weighted by atomic mass is 16.2. The van der Waals surface area contributed by atoms with Crippen LogP contribution in [0.2, 0.25) is 0 Å². The minimum Gasteiger partial charge on any atom is -0.383 e. The molecule has 5 rings (SSSR count). The molecule has 8 heteroatoms. The quantitative estimate of drug-likeness (QED) is 0.246. The number of Topliss-reactive ketones (excluding diaryl/α,β-unsaturated/α-hetero) is 1. The minimum absolute atomic E-state index is 0.0223. The number of nitrogens with two attached hydrogens (primary N) is 1. The Bertz CT molecular complexity index is 1550. The molecule has 1 unspecified atom stereocenters. The van der Waals surface area contributed by atoms with E-state index >= 15 is 0 Å². The standard InChI is InChI=1S/C32H36N6O2/c1-5-27(40)37-18-6-7-25(19-37)38-31-28(30(33)34-20-35-31)29(36-38)23-11-8-21(9-12-23)10-17-26(39)22-13-15-24(16-14-22)32(2,3)4/h5,8-9,11-16,20,25H,1,6-7,10,17-19H2,2-4H3,(H2,33,34,35). The summed E-state index contributed by atoms with van der Waals surface area (Å²) in [4.78, 5) is 35.6. The van der Waals surface area contributed by atoms with Crippen LogP contribution in [0.15, 0.2) is 67.5 Å². The van der Waals surface area contributed by atoms with Crippen LogP contribution in [0.4, 0.5) is 5.82 Å². The van der Waals surface area contributed by atoms with Gasteiger partial charge in [-0.25, -0.2) is 14.6 Å². The second kappa shape index (κ2) is 11.0. The zero-order valence-corrected chi connectivity index (χ0v) is 23.4. The Balaban J connectivity index is 1.34. The van der Waals surface area contributed by atoms with Gasteiger partial charge >= 0.3 is 0 Å². The fraction of sp³-hybridized carbons (Fsp3) is 0.344. The van der Waals surface area contributed by atoms with Gasteiger partial charge in [0.25, 0.3) is 0 Å². The largest absolute Gasteiger partial charge is 0.383 e. The van der Waals surface area contributed by atoms with Crippen LogP contribution in [0.25, 0.3) is 22.3 Å². The number of amides is 1. The highest BCUT2D eigenvalue weighted by Gasteiger charge is 2.28. The van der Waals surface area contributed by atoms with E-state index in [0.717, 1.165) is 29.5 Å². The molecule has 1 saturated heterocycles. The van der Waals surface area contributed by atoms with Crippen molar-refractivity contribution in [2.24, 2.45) is 0 Å². The van der Waals surface area contributed by atoms with Crippen LogP contribution in [0.5, 0.6) is 0 Å². The summed E-state index contributed by atoms with van der Waals surface area (Å²) in [6.07, 6.45) is 5.64. The number of carbonyl (C=O) groups excluding carboxylic acids is 2. The molecule has 0 radical (unpaired) electrons. The summed E-state index contributed by atoms with van der Waals surface area (Å²) in [7, 11) is 0. The van der Waals surface area contributed by atoms with Crippen LogP contribution in [-0.4, -0.2) is 49.4 Å². The van der Waals surface area contributed by atoms with Gasteiger partial charge in [-0.1, -0.05) is 75.9 Å². The highest BCUT2D eigenvalue weighted by Crippen LogP contribution is 2.34. The topological polar surface area (TPSA) is 107 Å². The van der Waals surface area contributed by atoms with Gasteiger partial charge in [-0.3, -0.25) is 9.59 Å². The lowest BCUT2D eigenvalue weighted by Crippen LogP contribution is -2.40. The number of rotatable bonds is 7. The first-order valence-electron chi connectivity index (χ1n) is 13.8. The summed E-state index contributed by atoms with van der Waals surface area (Å²) in [6.45, 7) is 11.4. The number of aromatic nitrogens is 4. The summed E-state index contributed by atoms with van der Waals surface area (Å²) in [5.74, 6) is 0.426. The molecule has 0 aliphatic carbocycles. The van der Waals surface area contributed by atoms with E-state index in [4.69, 9.17) is 10.8 Å². The molecule has 1 aliphatic heterocycles. The molecule has 0 bridgehead atoms. The third kappa shape index (κ3) is 5.52. The van der Waals surface area contributed by atoms with Gasteiger partial charge < -0.3 is 10.6 Å². The molecule has 2 aromatic carbocycles. The summed E-state index contributed by atoms with van der Waals surface area (Å²) in [6, 6.07) is 16.0. The molecule has 1 fully saturated rings. The summed E-state index contributed by atoms with van der Waals surface area (Å²) in [5, 5.41) is 5.65. The average Bonchev–Trinajstić information content (AvgIpc) is 3.36. The number of ketones is 1. The van der Waals surface area contributed by atoms with E-state index in [9.17, 15) is 9.59 Å². The first kappa shape index (κ1) is 27.2. The maximum atomic E-state index is 12.8. The van der Waals surface area contributed by atoms with E-state index < -0.39 is 0 Å². The summed E-state index contributed by atoms with van der Waals surface area (Å²) in [5.41, 5.74) is 11.7. The summed E-state index contributed by atoms with van der Waals surface area (Å²) >= 11 is 0. The van der Waals surface area contributed by atoms with E-state index in [-0.39, 0.29) is 23.1 Å². The van der Waals surface area contributed by atoms with Crippen LogP contribution in [0.3, 0.4) is 0 Å². The van der Waals surface area contributed by atoms with Gasteiger partial charge in [0.15, 0.2) is 11.4 Å². The third-order valence-corrected chi connectivity index (χ3v) is 7.69. The van der Waals surface area contributed by atoms with Gasteiger partial charge in [-0.2, -0.15) is 5.10 Å². The van der Waals surface area contributed by atoms with E-state index in [2.05, 4.69) is 37.3 Å². The van der Waals surface area contributed by atoms with Crippen molar-refractivity contribution in [1.29, 1.82) is 0 Å². The number of hydrogen-bond acceptors (Lipinski definition) is 6. The first-order chi connectivity index (χ1) is 19.2. The van der Waals surface area contributed by atoms with E-state index in [1.54, 1.807) is 4.90 Å². The Labute approximate surface area is 234 Å². The number of hydrogen-bond donors (Lipinski definition) is 1. The SMILES string of the molecule is C=CC(=O)N1CCCC(n2nc(-c3ccc(CCC(=O)c4ccc(C(C)(C)C)cc4)cc3)c3c(N)ncnc32)C1. The second-order valence-corrected chi connectivity index (χ2v) is 11.5. The van der Waals surface area contributed by atoms with Gasteiger partial charge in [0, 0.05) is 30.6 Å². The third-order valence-electron chi connectivity index (χ3n) is 7.69. The average molecular weight is 537 g/mol. The number of benzene rings is 2. The maximum Gasteiger partial charge on any atom is 0.246 e. The van der Waals surface area contributed by atoms with Crippen molar-refractivity contribution in [3.05, 3.63) is 84.2 Å². The zero-order valence-electron chi connectivity index (χ0n) is 23.4. The lowest BCUT2D eigenvalue weighted by Gasteiger charge is -2.32. The molecule has 1 aliphatic rings. The minimum atomic E-state index is -0.0773. The van der Waals surface area contributed by atoms with Gasteiger partial charge in [-0.05, 0) is 41.9 Å². The second-order valence-electron chi connectivity index (χ2n) is 11.5. The number of anilines is 1. The molecule has 3 heterocycles. The van der Waals surface area contributed by atoms with Crippen molar-refractivity contribution in [2.45, 2.75) is 57.9 Å². The lowest BCUT2D eigenvalue weighted by atomic mass is 9.86. The number of nitrogens with zero attached hydrogens (tertiary/aromatic N) is 5. The van der Waals surface area contributed by atoms with Crippen molar-refractivity contribution < 1.29 is 9.59 Å². The fourth-order valence-corrected chi connectivity index (χ4v) is 5.32. The van der Waals surface area contributed by atoms with Crippen molar-refractivity contribution in [1.82, 2.24) is 24.6 Å². The van der Waals surface area contributed by atoms with Gasteiger partial charge in [0.05, 0.1) is 11.4 Å². The van der Waals surface area contributed by atoms with E-state index in [1.165, 1.54) is 18.0 Å². The van der Waals surface area contributed by atoms with Crippen LogP contribution in [-0.2, 0) is 16.6 Å². The Morgan fingerprint density at radius 1 is 1.07 bits per heavy atom.